The first-order chi connectivity index (χ1) is 13.5. The number of anilines is 1. The van der Waals surface area contributed by atoms with E-state index in [1.807, 2.05) is 36.4 Å². The first kappa shape index (κ1) is 19.4. The molecule has 0 aliphatic rings. The Morgan fingerprint density at radius 2 is 1.32 bits per heavy atom. The first-order valence-electron chi connectivity index (χ1n) is 8.74. The van der Waals surface area contributed by atoms with Crippen LogP contribution in [-0.4, -0.2) is 11.8 Å². The van der Waals surface area contributed by atoms with E-state index in [2.05, 4.69) is 10.6 Å². The Labute approximate surface area is 168 Å². The molecular formula is C23H19ClN2O2. The molecule has 0 aromatic heterocycles. The van der Waals surface area contributed by atoms with Gasteiger partial charge in [0.1, 0.15) is 5.70 Å². The lowest BCUT2D eigenvalue weighted by Crippen LogP contribution is -2.31. The highest BCUT2D eigenvalue weighted by Gasteiger charge is 2.18. The van der Waals surface area contributed by atoms with Crippen LogP contribution in [0.1, 0.15) is 22.8 Å². The first-order valence-corrected chi connectivity index (χ1v) is 9.12. The number of carbonyl (C=O) groups is 2. The molecule has 2 N–H and O–H groups in total. The Bertz CT molecular complexity index is 998. The van der Waals surface area contributed by atoms with Crippen molar-refractivity contribution in [1.29, 1.82) is 0 Å². The fraction of sp³-hybridized carbons (Fsp3) is 0.0435. The summed E-state index contributed by atoms with van der Waals surface area (Å²) >= 11 is 5.97. The molecule has 2 amide bonds. The summed E-state index contributed by atoms with van der Waals surface area (Å²) in [6.45, 7) is 1.79. The number of hydrogen-bond donors (Lipinski definition) is 2. The van der Waals surface area contributed by atoms with Crippen molar-refractivity contribution in [1.82, 2.24) is 5.32 Å². The molecule has 0 unspecified atom stereocenters. The number of nitrogens with one attached hydrogen (secondary N) is 2. The maximum atomic E-state index is 13.0. The molecule has 0 aliphatic heterocycles. The molecule has 0 spiro atoms. The molecule has 0 bridgehead atoms. The molecule has 3 rings (SSSR count). The third kappa shape index (κ3) is 4.87. The van der Waals surface area contributed by atoms with Crippen LogP contribution >= 0.6 is 11.6 Å². The number of para-hydroxylation sites is 1. The fourth-order valence-electron chi connectivity index (χ4n) is 2.66. The SMILES string of the molecule is C/C(=C(\NC(=O)c1ccccc1)C(=O)Nc1ccccc1)c1ccc(Cl)cc1. The quantitative estimate of drug-likeness (QED) is 0.592. The van der Waals surface area contributed by atoms with Crippen LogP contribution in [0.3, 0.4) is 0 Å². The van der Waals surface area contributed by atoms with E-state index in [1.54, 1.807) is 55.5 Å². The monoisotopic (exact) mass is 390 g/mol. The molecule has 0 radical (unpaired) electrons. The number of hydrogen-bond acceptors (Lipinski definition) is 2. The maximum Gasteiger partial charge on any atom is 0.272 e. The van der Waals surface area contributed by atoms with Crippen molar-refractivity contribution in [3.63, 3.8) is 0 Å². The molecule has 3 aromatic rings. The van der Waals surface area contributed by atoms with Gasteiger partial charge >= 0.3 is 0 Å². The van der Waals surface area contributed by atoms with Gasteiger partial charge in [-0.15, -0.1) is 0 Å². The summed E-state index contributed by atoms with van der Waals surface area (Å²) in [6, 6.07) is 24.9. The molecule has 3 aromatic carbocycles. The van der Waals surface area contributed by atoms with Crippen LogP contribution in [0.4, 0.5) is 5.69 Å². The standard InChI is InChI=1S/C23H19ClN2O2/c1-16(17-12-14-19(24)15-13-17)21(23(28)25-20-10-6-3-7-11-20)26-22(27)18-8-4-2-5-9-18/h2-15H,1H3,(H,25,28)(H,26,27)/b21-16+. The molecule has 4 nitrogen and oxygen atoms in total. The third-order valence-corrected chi connectivity index (χ3v) is 4.44. The zero-order chi connectivity index (χ0) is 19.9. The molecule has 28 heavy (non-hydrogen) atoms. The van der Waals surface area contributed by atoms with E-state index in [9.17, 15) is 9.59 Å². The second-order valence-electron chi connectivity index (χ2n) is 6.15. The Balaban J connectivity index is 1.95. The van der Waals surface area contributed by atoms with Crippen molar-refractivity contribution in [2.24, 2.45) is 0 Å². The lowest BCUT2D eigenvalue weighted by Gasteiger charge is -2.15. The van der Waals surface area contributed by atoms with Crippen LogP contribution in [0.25, 0.3) is 5.57 Å². The lowest BCUT2D eigenvalue weighted by molar-refractivity contribution is -0.113. The number of benzene rings is 3. The summed E-state index contributed by atoms with van der Waals surface area (Å²) in [6.07, 6.45) is 0. The van der Waals surface area contributed by atoms with Gasteiger partial charge in [-0.25, -0.2) is 0 Å². The summed E-state index contributed by atoms with van der Waals surface area (Å²) in [4.78, 5) is 25.6. The number of amides is 2. The zero-order valence-corrected chi connectivity index (χ0v) is 16.0. The van der Waals surface area contributed by atoms with E-state index < -0.39 is 5.91 Å². The summed E-state index contributed by atoms with van der Waals surface area (Å²) < 4.78 is 0. The van der Waals surface area contributed by atoms with E-state index in [-0.39, 0.29) is 11.6 Å². The molecule has 0 atom stereocenters. The van der Waals surface area contributed by atoms with Crippen LogP contribution in [0.5, 0.6) is 0 Å². The Morgan fingerprint density at radius 1 is 0.750 bits per heavy atom. The van der Waals surface area contributed by atoms with Crippen LogP contribution in [0, 0.1) is 0 Å². The molecular weight excluding hydrogens is 372 g/mol. The maximum absolute atomic E-state index is 13.0. The van der Waals surface area contributed by atoms with E-state index in [4.69, 9.17) is 11.6 Å². The van der Waals surface area contributed by atoms with E-state index >= 15 is 0 Å². The van der Waals surface area contributed by atoms with E-state index in [0.29, 0.717) is 21.8 Å². The largest absolute Gasteiger partial charge is 0.321 e. The van der Waals surface area contributed by atoms with Crippen molar-refractivity contribution in [2.45, 2.75) is 6.92 Å². The minimum Gasteiger partial charge on any atom is -0.321 e. The van der Waals surface area contributed by atoms with Gasteiger partial charge in [0.05, 0.1) is 0 Å². The van der Waals surface area contributed by atoms with Crippen LogP contribution in [0.2, 0.25) is 5.02 Å². The number of allylic oxidation sites excluding steroid dienone is 1. The van der Waals surface area contributed by atoms with Crippen LogP contribution < -0.4 is 10.6 Å². The lowest BCUT2D eigenvalue weighted by atomic mass is 10.0. The van der Waals surface area contributed by atoms with Gasteiger partial charge < -0.3 is 10.6 Å². The average molecular weight is 391 g/mol. The second kappa shape index (κ2) is 9.02. The minimum absolute atomic E-state index is 0.181. The fourth-order valence-corrected chi connectivity index (χ4v) is 2.78. The molecule has 140 valence electrons. The van der Waals surface area contributed by atoms with Gasteiger partial charge in [0.2, 0.25) is 0 Å². The molecule has 0 saturated carbocycles. The smallest absolute Gasteiger partial charge is 0.272 e. The molecule has 0 heterocycles. The van der Waals surface area contributed by atoms with Gasteiger partial charge in [-0.1, -0.05) is 60.1 Å². The van der Waals surface area contributed by atoms with Gasteiger partial charge in [-0.2, -0.15) is 0 Å². The highest BCUT2D eigenvalue weighted by molar-refractivity contribution is 6.30. The molecule has 0 aliphatic carbocycles. The third-order valence-electron chi connectivity index (χ3n) is 4.19. The average Bonchev–Trinajstić information content (AvgIpc) is 2.73. The highest BCUT2D eigenvalue weighted by atomic mass is 35.5. The van der Waals surface area contributed by atoms with Gasteiger partial charge in [-0.05, 0) is 54.5 Å². The zero-order valence-electron chi connectivity index (χ0n) is 15.3. The van der Waals surface area contributed by atoms with Gasteiger partial charge in [-0.3, -0.25) is 9.59 Å². The normalized spacial score (nSPS) is 11.4. The predicted octanol–water partition coefficient (Wildman–Crippen LogP) is 5.14. The Kier molecular flexibility index (Phi) is 6.25. The van der Waals surface area contributed by atoms with Crippen molar-refractivity contribution in [3.8, 4) is 0 Å². The predicted molar refractivity (Wildman–Crippen MR) is 113 cm³/mol. The van der Waals surface area contributed by atoms with Gasteiger partial charge in [0, 0.05) is 16.3 Å². The van der Waals surface area contributed by atoms with Crippen molar-refractivity contribution >= 4 is 34.7 Å². The second-order valence-corrected chi connectivity index (χ2v) is 6.58. The van der Waals surface area contributed by atoms with Gasteiger partial charge in [0.25, 0.3) is 11.8 Å². The Hall–Kier alpha value is -3.37. The van der Waals surface area contributed by atoms with Crippen LogP contribution in [0.15, 0.2) is 90.6 Å². The highest BCUT2D eigenvalue weighted by Crippen LogP contribution is 2.21. The number of carbonyl (C=O) groups excluding carboxylic acids is 2. The van der Waals surface area contributed by atoms with Gasteiger partial charge in [0.15, 0.2) is 0 Å². The summed E-state index contributed by atoms with van der Waals surface area (Å²) in [7, 11) is 0. The number of halogens is 1. The van der Waals surface area contributed by atoms with E-state index in [1.165, 1.54) is 0 Å². The molecule has 0 saturated heterocycles. The Morgan fingerprint density at radius 3 is 1.93 bits per heavy atom. The van der Waals surface area contributed by atoms with Crippen molar-refractivity contribution < 1.29 is 9.59 Å². The number of rotatable bonds is 5. The van der Waals surface area contributed by atoms with Crippen LogP contribution in [-0.2, 0) is 4.79 Å². The summed E-state index contributed by atoms with van der Waals surface area (Å²) in [5.74, 6) is -0.755. The minimum atomic E-state index is -0.400. The summed E-state index contributed by atoms with van der Waals surface area (Å²) in [5, 5.41) is 6.18. The van der Waals surface area contributed by atoms with E-state index in [0.717, 1.165) is 5.56 Å². The topological polar surface area (TPSA) is 58.2 Å². The van der Waals surface area contributed by atoms with Crippen molar-refractivity contribution in [2.75, 3.05) is 5.32 Å². The molecule has 0 fully saturated rings. The summed E-state index contributed by atoms with van der Waals surface area (Å²) in [5.41, 5.74) is 2.71. The van der Waals surface area contributed by atoms with Crippen molar-refractivity contribution in [3.05, 3.63) is 107 Å². The molecule has 5 heteroatoms.